The van der Waals surface area contributed by atoms with Crippen LogP contribution in [0.15, 0.2) is 42.5 Å². The maximum absolute atomic E-state index is 13.1. The van der Waals surface area contributed by atoms with E-state index in [0.29, 0.717) is 35.9 Å². The first-order valence-electron chi connectivity index (χ1n) is 11.9. The van der Waals surface area contributed by atoms with Crippen LogP contribution in [0.3, 0.4) is 0 Å². The van der Waals surface area contributed by atoms with Crippen molar-refractivity contribution in [3.05, 3.63) is 64.7 Å². The van der Waals surface area contributed by atoms with Gasteiger partial charge in [0, 0.05) is 12.6 Å². The number of hydrogen-bond donors (Lipinski definition) is 1. The highest BCUT2D eigenvalue weighted by atomic mass is 19.4. The summed E-state index contributed by atoms with van der Waals surface area (Å²) in [5, 5.41) is 3.66. The zero-order valence-electron chi connectivity index (χ0n) is 18.8. The van der Waals surface area contributed by atoms with Crippen molar-refractivity contribution in [1.82, 2.24) is 5.32 Å². The first-order valence-corrected chi connectivity index (χ1v) is 11.9. The van der Waals surface area contributed by atoms with E-state index < -0.39 is 11.7 Å². The molecule has 0 heterocycles. The van der Waals surface area contributed by atoms with Crippen molar-refractivity contribution in [3.8, 4) is 5.75 Å². The lowest BCUT2D eigenvalue weighted by Gasteiger charge is -2.51. The van der Waals surface area contributed by atoms with Gasteiger partial charge in [-0.3, -0.25) is 0 Å². The molecular formula is C27H32F3NO. The lowest BCUT2D eigenvalue weighted by Crippen LogP contribution is -2.48. The van der Waals surface area contributed by atoms with E-state index in [9.17, 15) is 13.2 Å². The van der Waals surface area contributed by atoms with Crippen molar-refractivity contribution in [2.75, 3.05) is 7.11 Å². The molecule has 5 heteroatoms. The Morgan fingerprint density at radius 3 is 2.69 bits per heavy atom. The monoisotopic (exact) mass is 443 g/mol. The van der Waals surface area contributed by atoms with Crippen molar-refractivity contribution in [2.45, 2.75) is 70.1 Å². The molecule has 2 aromatic carbocycles. The number of rotatable bonds is 4. The minimum Gasteiger partial charge on any atom is -0.497 e. The number of ether oxygens (including phenoxy) is 1. The van der Waals surface area contributed by atoms with Crippen molar-refractivity contribution in [2.24, 2.45) is 17.3 Å². The van der Waals surface area contributed by atoms with Gasteiger partial charge in [0.25, 0.3) is 0 Å². The topological polar surface area (TPSA) is 21.3 Å². The highest BCUT2D eigenvalue weighted by Crippen LogP contribution is 2.61. The van der Waals surface area contributed by atoms with Gasteiger partial charge in [-0.25, -0.2) is 0 Å². The molecule has 0 unspecified atom stereocenters. The molecule has 3 aliphatic carbocycles. The molecular weight excluding hydrogens is 411 g/mol. The van der Waals surface area contributed by atoms with E-state index in [4.69, 9.17) is 4.74 Å². The number of alkyl halides is 3. The van der Waals surface area contributed by atoms with E-state index in [-0.39, 0.29) is 5.41 Å². The molecule has 0 aliphatic heterocycles. The van der Waals surface area contributed by atoms with Gasteiger partial charge < -0.3 is 10.1 Å². The second kappa shape index (κ2) is 8.09. The number of benzene rings is 2. The standard InChI is InChI=1S/C27H32F3NO/c1-26-13-12-22-21-9-7-20(32-2)15-18(21)6-8-23(22)24(26)10-11-25(26)31-16-17-4-3-5-19(14-17)27(28,29)30/h3-5,7,9,14-15,22-25,31H,6,8,10-13,16H2,1-2H3/t22-,23-,24+,25+,26+/m1/s1. The quantitative estimate of drug-likeness (QED) is 0.566. The van der Waals surface area contributed by atoms with Gasteiger partial charge in [0.05, 0.1) is 12.7 Å². The van der Waals surface area contributed by atoms with Gasteiger partial charge in [-0.15, -0.1) is 0 Å². The minimum absolute atomic E-state index is 0.215. The fourth-order valence-electron chi connectivity index (χ4n) is 7.12. The summed E-state index contributed by atoms with van der Waals surface area (Å²) in [4.78, 5) is 0. The Bertz CT molecular complexity index is 987. The van der Waals surface area contributed by atoms with Crippen LogP contribution in [0, 0.1) is 17.3 Å². The van der Waals surface area contributed by atoms with Crippen molar-refractivity contribution < 1.29 is 17.9 Å². The summed E-state index contributed by atoms with van der Waals surface area (Å²) < 4.78 is 44.6. The van der Waals surface area contributed by atoms with E-state index in [2.05, 4.69) is 30.4 Å². The van der Waals surface area contributed by atoms with E-state index in [1.54, 1.807) is 13.2 Å². The molecule has 0 radical (unpaired) electrons. The Morgan fingerprint density at radius 1 is 1.06 bits per heavy atom. The first-order chi connectivity index (χ1) is 15.3. The summed E-state index contributed by atoms with van der Waals surface area (Å²) in [6.45, 7) is 2.92. The van der Waals surface area contributed by atoms with Crippen LogP contribution >= 0.6 is 0 Å². The van der Waals surface area contributed by atoms with E-state index in [0.717, 1.165) is 24.7 Å². The van der Waals surface area contributed by atoms with Crippen LogP contribution < -0.4 is 10.1 Å². The van der Waals surface area contributed by atoms with Crippen molar-refractivity contribution in [3.63, 3.8) is 0 Å². The van der Waals surface area contributed by atoms with Crippen LogP contribution in [0.5, 0.6) is 5.75 Å². The Morgan fingerprint density at radius 2 is 1.91 bits per heavy atom. The Hall–Kier alpha value is -2.01. The summed E-state index contributed by atoms with van der Waals surface area (Å²) >= 11 is 0. The molecule has 2 nitrogen and oxygen atoms in total. The number of methoxy groups -OCH3 is 1. The number of aryl methyl sites for hydroxylation is 1. The molecule has 0 bridgehead atoms. The van der Waals surface area contributed by atoms with Gasteiger partial charge in [-0.2, -0.15) is 13.2 Å². The first kappa shape index (κ1) is 21.8. The summed E-state index contributed by atoms with van der Waals surface area (Å²) in [5.74, 6) is 2.96. The molecule has 0 saturated heterocycles. The van der Waals surface area contributed by atoms with Gasteiger partial charge in [0.2, 0.25) is 0 Å². The molecule has 5 rings (SSSR count). The molecule has 32 heavy (non-hydrogen) atoms. The van der Waals surface area contributed by atoms with Gasteiger partial charge in [0.15, 0.2) is 0 Å². The fraction of sp³-hybridized carbons (Fsp3) is 0.556. The van der Waals surface area contributed by atoms with Crippen LogP contribution in [0.4, 0.5) is 13.2 Å². The van der Waals surface area contributed by atoms with E-state index >= 15 is 0 Å². The average molecular weight is 444 g/mol. The predicted octanol–water partition coefficient (Wildman–Crippen LogP) is 6.73. The SMILES string of the molecule is COc1ccc2c(c1)CC[C@@H]1[C@@H]2CC[C@]2(C)[C@@H](NCc3cccc(C(F)(F)F)c3)CC[C@@H]12. The predicted molar refractivity (Wildman–Crippen MR) is 120 cm³/mol. The van der Waals surface area contributed by atoms with Gasteiger partial charge in [-0.1, -0.05) is 31.2 Å². The Labute approximate surface area is 188 Å². The van der Waals surface area contributed by atoms with Crippen LogP contribution in [-0.2, 0) is 19.1 Å². The smallest absolute Gasteiger partial charge is 0.416 e. The van der Waals surface area contributed by atoms with Crippen LogP contribution in [0.2, 0.25) is 0 Å². The Kier molecular flexibility index (Phi) is 5.51. The molecule has 0 spiro atoms. The third-order valence-electron chi connectivity index (χ3n) is 8.74. The van der Waals surface area contributed by atoms with Crippen molar-refractivity contribution in [1.29, 1.82) is 0 Å². The second-order valence-corrected chi connectivity index (χ2v) is 10.2. The van der Waals surface area contributed by atoms with E-state index in [1.165, 1.54) is 48.9 Å². The third-order valence-corrected chi connectivity index (χ3v) is 8.74. The van der Waals surface area contributed by atoms with Crippen LogP contribution in [0.25, 0.3) is 0 Å². The summed E-state index contributed by atoms with van der Waals surface area (Å²) in [6, 6.07) is 12.7. The highest BCUT2D eigenvalue weighted by Gasteiger charge is 2.54. The van der Waals surface area contributed by atoms with Gasteiger partial charge >= 0.3 is 6.18 Å². The molecule has 0 amide bonds. The lowest BCUT2D eigenvalue weighted by atomic mass is 9.55. The summed E-state index contributed by atoms with van der Waals surface area (Å²) in [6.07, 6.45) is 2.74. The normalized spacial score (nSPS) is 31.5. The second-order valence-electron chi connectivity index (χ2n) is 10.2. The molecule has 2 fully saturated rings. The zero-order chi connectivity index (χ0) is 22.5. The molecule has 5 atom stereocenters. The summed E-state index contributed by atoms with van der Waals surface area (Å²) in [5.41, 5.74) is 3.33. The molecule has 2 aromatic rings. The average Bonchev–Trinajstić information content (AvgIpc) is 3.13. The van der Waals surface area contributed by atoms with Crippen LogP contribution in [0.1, 0.15) is 67.2 Å². The minimum atomic E-state index is -4.29. The molecule has 172 valence electrons. The molecule has 3 aliphatic rings. The largest absolute Gasteiger partial charge is 0.497 e. The summed E-state index contributed by atoms with van der Waals surface area (Å²) in [7, 11) is 1.73. The third kappa shape index (κ3) is 3.72. The molecule has 2 saturated carbocycles. The highest BCUT2D eigenvalue weighted by molar-refractivity contribution is 5.40. The van der Waals surface area contributed by atoms with Gasteiger partial charge in [-0.05, 0) is 96.6 Å². The van der Waals surface area contributed by atoms with E-state index in [1.807, 2.05) is 0 Å². The maximum atomic E-state index is 13.1. The number of halogens is 3. The molecule has 1 N–H and O–H groups in total. The number of hydrogen-bond acceptors (Lipinski definition) is 2. The number of fused-ring (bicyclic) bond motifs is 5. The lowest BCUT2D eigenvalue weighted by molar-refractivity contribution is -0.137. The van der Waals surface area contributed by atoms with Crippen LogP contribution in [-0.4, -0.2) is 13.2 Å². The maximum Gasteiger partial charge on any atom is 0.416 e. The number of nitrogens with one attached hydrogen (secondary N) is 1. The Balaban J connectivity index is 1.30. The zero-order valence-corrected chi connectivity index (χ0v) is 18.8. The van der Waals surface area contributed by atoms with Gasteiger partial charge in [0.1, 0.15) is 5.75 Å². The fourth-order valence-corrected chi connectivity index (χ4v) is 7.12. The molecule has 0 aromatic heterocycles. The van der Waals surface area contributed by atoms with Crippen molar-refractivity contribution >= 4 is 0 Å².